The van der Waals surface area contributed by atoms with Gasteiger partial charge in [-0.3, -0.25) is 9.59 Å². The Morgan fingerprint density at radius 2 is 1.84 bits per heavy atom. The van der Waals surface area contributed by atoms with Gasteiger partial charge in [0.15, 0.2) is 0 Å². The van der Waals surface area contributed by atoms with E-state index in [0.717, 1.165) is 17.9 Å². The Balaban J connectivity index is 0.00000423. The van der Waals surface area contributed by atoms with Crippen LogP contribution in [0.2, 0.25) is 5.02 Å². The molecule has 1 aromatic heterocycles. The summed E-state index contributed by atoms with van der Waals surface area (Å²) in [6.45, 7) is 3.55. The molecule has 4 aromatic rings. The van der Waals surface area contributed by atoms with E-state index in [1.807, 2.05) is 79.7 Å². The van der Waals surface area contributed by atoms with Gasteiger partial charge >= 0.3 is 0 Å². The van der Waals surface area contributed by atoms with Crippen LogP contribution in [-0.2, 0) is 11.2 Å². The van der Waals surface area contributed by atoms with Crippen molar-refractivity contribution in [3.63, 3.8) is 0 Å². The summed E-state index contributed by atoms with van der Waals surface area (Å²) in [4.78, 5) is 28.0. The summed E-state index contributed by atoms with van der Waals surface area (Å²) in [5, 5.41) is 12.6. The molecule has 7 nitrogen and oxygen atoms in total. The van der Waals surface area contributed by atoms with E-state index in [-0.39, 0.29) is 41.8 Å². The SMILES string of the molecule is COc1ccc(-n2nc(Sc3ccc(Cl)cc3)cc(CC[C@@H](C)NC(=O)[C@@H]3CNCC[C@@H]3c3ccccc3)c2=O)cc1.Cl. The van der Waals surface area contributed by atoms with Crippen molar-refractivity contribution in [2.24, 2.45) is 5.92 Å². The summed E-state index contributed by atoms with van der Waals surface area (Å²) in [5.74, 6) is 0.794. The van der Waals surface area contributed by atoms with Gasteiger partial charge in [-0.1, -0.05) is 53.7 Å². The number of rotatable bonds is 10. The van der Waals surface area contributed by atoms with Gasteiger partial charge in [0.1, 0.15) is 10.8 Å². The minimum absolute atomic E-state index is 0. The molecule has 2 heterocycles. The van der Waals surface area contributed by atoms with E-state index in [0.29, 0.717) is 46.4 Å². The monoisotopic (exact) mass is 638 g/mol. The number of nitrogens with zero attached hydrogens (tertiary/aromatic N) is 2. The Labute approximate surface area is 267 Å². The highest BCUT2D eigenvalue weighted by molar-refractivity contribution is 7.99. The highest BCUT2D eigenvalue weighted by Gasteiger charge is 2.32. The van der Waals surface area contributed by atoms with Crippen LogP contribution in [0.1, 0.15) is 36.8 Å². The molecule has 3 atom stereocenters. The number of halogens is 2. The molecule has 0 bridgehead atoms. The average molecular weight is 640 g/mol. The first-order valence-corrected chi connectivity index (χ1v) is 15.4. The maximum atomic E-state index is 13.6. The van der Waals surface area contributed by atoms with Crippen LogP contribution in [0, 0.1) is 5.92 Å². The smallest absolute Gasteiger partial charge is 0.274 e. The van der Waals surface area contributed by atoms with Crippen molar-refractivity contribution in [2.45, 2.75) is 48.1 Å². The molecule has 1 amide bonds. The minimum atomic E-state index is -0.181. The number of hydrogen-bond donors (Lipinski definition) is 2. The van der Waals surface area contributed by atoms with Gasteiger partial charge in [0.05, 0.1) is 18.7 Å². The summed E-state index contributed by atoms with van der Waals surface area (Å²) in [7, 11) is 1.60. The van der Waals surface area contributed by atoms with E-state index in [9.17, 15) is 9.59 Å². The van der Waals surface area contributed by atoms with E-state index in [1.165, 1.54) is 22.0 Å². The standard InChI is InChI=1S/C33H35ClN4O3S.ClH/c1-22(36-32(39)30-21-35-19-18-29(30)23-6-4-3-5-7-23)8-9-24-20-31(42-28-16-10-25(34)11-17-28)37-38(33(24)40)26-12-14-27(41-2)15-13-26;/h3-7,10-17,20,22,29-30,35H,8-9,18-19,21H2,1-2H3,(H,36,39);1H/t22-,29-,30-;/m1./s1. The Morgan fingerprint density at radius 1 is 1.12 bits per heavy atom. The molecule has 0 spiro atoms. The number of benzene rings is 3. The molecule has 43 heavy (non-hydrogen) atoms. The quantitative estimate of drug-likeness (QED) is 0.212. The number of methoxy groups -OCH3 is 1. The van der Waals surface area contributed by atoms with Gasteiger partial charge in [-0.15, -0.1) is 12.4 Å². The number of ether oxygens (including phenoxy) is 1. The fourth-order valence-electron chi connectivity index (χ4n) is 5.30. The Bertz CT molecular complexity index is 1550. The fourth-order valence-corrected chi connectivity index (χ4v) is 6.26. The molecule has 1 saturated heterocycles. The van der Waals surface area contributed by atoms with Gasteiger partial charge in [0.2, 0.25) is 5.91 Å². The summed E-state index contributed by atoms with van der Waals surface area (Å²) in [6.07, 6.45) is 2.04. The van der Waals surface area contributed by atoms with Crippen molar-refractivity contribution in [1.29, 1.82) is 0 Å². The molecule has 3 aromatic carbocycles. The normalized spacial score (nSPS) is 17.0. The lowest BCUT2D eigenvalue weighted by molar-refractivity contribution is -0.126. The molecule has 0 unspecified atom stereocenters. The average Bonchev–Trinajstić information content (AvgIpc) is 3.02. The first-order valence-electron chi connectivity index (χ1n) is 14.2. The van der Waals surface area contributed by atoms with Crippen LogP contribution in [-0.4, -0.2) is 41.9 Å². The van der Waals surface area contributed by atoms with Crippen molar-refractivity contribution >= 4 is 41.7 Å². The molecule has 226 valence electrons. The summed E-state index contributed by atoms with van der Waals surface area (Å²) in [6, 6.07) is 26.8. The largest absolute Gasteiger partial charge is 0.497 e. The van der Waals surface area contributed by atoms with E-state index in [1.54, 1.807) is 7.11 Å². The number of aromatic nitrogens is 2. The van der Waals surface area contributed by atoms with Crippen LogP contribution >= 0.6 is 35.8 Å². The lowest BCUT2D eigenvalue weighted by atomic mass is 9.80. The van der Waals surface area contributed by atoms with Crippen molar-refractivity contribution in [1.82, 2.24) is 20.4 Å². The third kappa shape index (κ3) is 8.42. The second-order valence-corrected chi connectivity index (χ2v) is 12.1. The van der Waals surface area contributed by atoms with Crippen LogP contribution in [0.3, 0.4) is 0 Å². The van der Waals surface area contributed by atoms with Gasteiger partial charge in [-0.2, -0.15) is 9.78 Å². The molecule has 2 N–H and O–H groups in total. The molecule has 0 saturated carbocycles. The number of amides is 1. The lowest BCUT2D eigenvalue weighted by Crippen LogP contribution is -2.47. The number of piperidine rings is 1. The zero-order valence-electron chi connectivity index (χ0n) is 24.2. The number of carbonyl (C=O) groups is 1. The molecule has 1 fully saturated rings. The van der Waals surface area contributed by atoms with Crippen LogP contribution in [0.5, 0.6) is 5.75 Å². The third-order valence-corrected chi connectivity index (χ3v) is 8.77. The van der Waals surface area contributed by atoms with E-state index < -0.39 is 0 Å². The van der Waals surface area contributed by atoms with Crippen molar-refractivity contribution in [3.05, 3.63) is 111 Å². The molecular weight excluding hydrogens is 603 g/mol. The van der Waals surface area contributed by atoms with Crippen molar-refractivity contribution in [2.75, 3.05) is 20.2 Å². The molecular formula is C33H36Cl2N4O3S. The number of carbonyl (C=O) groups excluding carboxylic acids is 1. The maximum absolute atomic E-state index is 13.6. The van der Waals surface area contributed by atoms with E-state index >= 15 is 0 Å². The van der Waals surface area contributed by atoms with Gasteiger partial charge in [-0.25, -0.2) is 0 Å². The topological polar surface area (TPSA) is 85.2 Å². The van der Waals surface area contributed by atoms with Gasteiger partial charge in [0, 0.05) is 28.1 Å². The third-order valence-electron chi connectivity index (χ3n) is 7.60. The van der Waals surface area contributed by atoms with Crippen LogP contribution < -0.4 is 20.9 Å². The van der Waals surface area contributed by atoms with Gasteiger partial charge in [0.25, 0.3) is 5.56 Å². The van der Waals surface area contributed by atoms with Crippen LogP contribution in [0.25, 0.3) is 5.69 Å². The lowest BCUT2D eigenvalue weighted by Gasteiger charge is -2.32. The van der Waals surface area contributed by atoms with Gasteiger partial charge < -0.3 is 15.4 Å². The van der Waals surface area contributed by atoms with Crippen molar-refractivity contribution < 1.29 is 9.53 Å². The first-order chi connectivity index (χ1) is 20.4. The summed E-state index contributed by atoms with van der Waals surface area (Å²) < 4.78 is 6.72. The molecule has 5 rings (SSSR count). The Kier molecular flexibility index (Phi) is 11.7. The summed E-state index contributed by atoms with van der Waals surface area (Å²) in [5.41, 5.74) is 2.31. The second-order valence-electron chi connectivity index (χ2n) is 10.5. The predicted molar refractivity (Wildman–Crippen MR) is 175 cm³/mol. The molecule has 1 aliphatic rings. The van der Waals surface area contributed by atoms with Crippen LogP contribution in [0.15, 0.2) is 99.6 Å². The zero-order chi connectivity index (χ0) is 29.5. The molecule has 1 aliphatic heterocycles. The zero-order valence-corrected chi connectivity index (χ0v) is 26.6. The Morgan fingerprint density at radius 3 is 2.53 bits per heavy atom. The molecule has 0 radical (unpaired) electrons. The van der Waals surface area contributed by atoms with Crippen molar-refractivity contribution in [3.8, 4) is 11.4 Å². The highest BCUT2D eigenvalue weighted by Crippen LogP contribution is 2.31. The maximum Gasteiger partial charge on any atom is 0.274 e. The number of hydrogen-bond acceptors (Lipinski definition) is 6. The number of aryl methyl sites for hydroxylation is 1. The fraction of sp³-hybridized carbons (Fsp3) is 0.303. The molecule has 0 aliphatic carbocycles. The Hall–Kier alpha value is -3.30. The van der Waals surface area contributed by atoms with E-state index in [2.05, 4.69) is 27.9 Å². The first kappa shape index (κ1) is 32.6. The van der Waals surface area contributed by atoms with E-state index in [4.69, 9.17) is 16.3 Å². The number of nitrogens with one attached hydrogen (secondary N) is 2. The molecule has 10 heteroatoms. The van der Waals surface area contributed by atoms with Crippen LogP contribution in [0.4, 0.5) is 0 Å². The highest BCUT2D eigenvalue weighted by atomic mass is 35.5. The summed E-state index contributed by atoms with van der Waals surface area (Å²) >= 11 is 7.54. The van der Waals surface area contributed by atoms with Gasteiger partial charge in [-0.05, 0) is 98.8 Å². The minimum Gasteiger partial charge on any atom is -0.497 e. The predicted octanol–water partition coefficient (Wildman–Crippen LogP) is 6.30. The second kappa shape index (κ2) is 15.4.